The van der Waals surface area contributed by atoms with Crippen molar-refractivity contribution in [3.63, 3.8) is 0 Å². The first-order valence-electron chi connectivity index (χ1n) is 7.17. The standard InChI is InChI=1S/C14H30N2O/c1-5-9-16-10-7-13(8-11-16)15-12-14(3,4)17-6-2/h13,15H,5-12H2,1-4H3. The Labute approximate surface area is 107 Å². The van der Waals surface area contributed by atoms with E-state index < -0.39 is 0 Å². The molecule has 1 rings (SSSR count). The Morgan fingerprint density at radius 3 is 2.41 bits per heavy atom. The van der Waals surface area contributed by atoms with Crippen molar-refractivity contribution in [2.45, 2.75) is 58.6 Å². The molecule has 0 saturated carbocycles. The van der Waals surface area contributed by atoms with Gasteiger partial charge in [0.1, 0.15) is 0 Å². The summed E-state index contributed by atoms with van der Waals surface area (Å²) in [7, 11) is 0. The van der Waals surface area contributed by atoms with E-state index in [0.717, 1.165) is 13.2 Å². The molecule has 0 unspecified atom stereocenters. The lowest BCUT2D eigenvalue weighted by molar-refractivity contribution is -0.0119. The van der Waals surface area contributed by atoms with Gasteiger partial charge in [-0.05, 0) is 59.7 Å². The van der Waals surface area contributed by atoms with Gasteiger partial charge in [-0.3, -0.25) is 0 Å². The van der Waals surface area contributed by atoms with Crippen LogP contribution in [-0.2, 0) is 4.74 Å². The number of nitrogens with zero attached hydrogens (tertiary/aromatic N) is 1. The normalized spacial score (nSPS) is 19.8. The average Bonchev–Trinajstić information content (AvgIpc) is 2.29. The first kappa shape index (κ1) is 14.9. The summed E-state index contributed by atoms with van der Waals surface area (Å²) < 4.78 is 5.71. The lowest BCUT2D eigenvalue weighted by Gasteiger charge is -2.34. The molecule has 1 aliphatic rings. The zero-order valence-electron chi connectivity index (χ0n) is 12.1. The molecule has 0 amide bonds. The summed E-state index contributed by atoms with van der Waals surface area (Å²) in [5.74, 6) is 0. The molecule has 0 aromatic heterocycles. The van der Waals surface area contributed by atoms with Crippen LogP contribution < -0.4 is 5.32 Å². The van der Waals surface area contributed by atoms with Crippen LogP contribution in [0.2, 0.25) is 0 Å². The maximum atomic E-state index is 5.71. The minimum atomic E-state index is -0.0324. The highest BCUT2D eigenvalue weighted by Gasteiger charge is 2.22. The van der Waals surface area contributed by atoms with E-state index in [1.807, 2.05) is 0 Å². The Morgan fingerprint density at radius 2 is 1.88 bits per heavy atom. The average molecular weight is 242 g/mol. The molecule has 17 heavy (non-hydrogen) atoms. The lowest BCUT2D eigenvalue weighted by atomic mass is 10.0. The number of nitrogens with one attached hydrogen (secondary N) is 1. The Bertz CT molecular complexity index is 198. The summed E-state index contributed by atoms with van der Waals surface area (Å²) >= 11 is 0. The molecule has 3 nitrogen and oxygen atoms in total. The molecule has 1 saturated heterocycles. The molecule has 102 valence electrons. The van der Waals surface area contributed by atoms with Crippen LogP contribution in [0.4, 0.5) is 0 Å². The molecule has 0 bridgehead atoms. The van der Waals surface area contributed by atoms with Gasteiger partial charge in [-0.1, -0.05) is 6.92 Å². The van der Waals surface area contributed by atoms with Crippen molar-refractivity contribution in [2.24, 2.45) is 0 Å². The lowest BCUT2D eigenvalue weighted by Crippen LogP contribution is -2.47. The van der Waals surface area contributed by atoms with Gasteiger partial charge < -0.3 is 15.0 Å². The van der Waals surface area contributed by atoms with Gasteiger partial charge in [-0.25, -0.2) is 0 Å². The third-order valence-electron chi connectivity index (χ3n) is 3.48. The fourth-order valence-corrected chi connectivity index (χ4v) is 2.51. The van der Waals surface area contributed by atoms with Gasteiger partial charge in [0.25, 0.3) is 0 Å². The van der Waals surface area contributed by atoms with Crippen molar-refractivity contribution in [3.05, 3.63) is 0 Å². The highest BCUT2D eigenvalue weighted by Crippen LogP contribution is 2.13. The second-order valence-electron chi connectivity index (χ2n) is 5.69. The van der Waals surface area contributed by atoms with Crippen molar-refractivity contribution in [1.82, 2.24) is 10.2 Å². The fraction of sp³-hybridized carbons (Fsp3) is 1.00. The molecule has 0 aromatic rings. The Kier molecular flexibility index (Phi) is 6.45. The van der Waals surface area contributed by atoms with Crippen molar-refractivity contribution in [3.8, 4) is 0 Å². The maximum Gasteiger partial charge on any atom is 0.0750 e. The predicted octanol–water partition coefficient (Wildman–Crippen LogP) is 2.27. The Balaban J connectivity index is 2.17. The van der Waals surface area contributed by atoms with E-state index in [1.54, 1.807) is 0 Å². The molecular weight excluding hydrogens is 212 g/mol. The molecule has 0 atom stereocenters. The van der Waals surface area contributed by atoms with Crippen molar-refractivity contribution in [2.75, 3.05) is 32.8 Å². The predicted molar refractivity (Wildman–Crippen MR) is 73.5 cm³/mol. The molecule has 0 aliphatic carbocycles. The molecule has 0 radical (unpaired) electrons. The number of rotatable bonds is 7. The number of likely N-dealkylation sites (tertiary alicyclic amines) is 1. The van der Waals surface area contributed by atoms with Crippen LogP contribution in [0, 0.1) is 0 Å². The number of piperidine rings is 1. The zero-order chi connectivity index (χ0) is 12.7. The number of hydrogen-bond acceptors (Lipinski definition) is 3. The second-order valence-corrected chi connectivity index (χ2v) is 5.69. The van der Waals surface area contributed by atoms with Crippen LogP contribution in [0.25, 0.3) is 0 Å². The highest BCUT2D eigenvalue weighted by atomic mass is 16.5. The maximum absolute atomic E-state index is 5.71. The van der Waals surface area contributed by atoms with Crippen LogP contribution in [0.5, 0.6) is 0 Å². The van der Waals surface area contributed by atoms with Gasteiger partial charge in [0.2, 0.25) is 0 Å². The molecule has 1 aliphatic heterocycles. The topological polar surface area (TPSA) is 24.5 Å². The molecule has 0 spiro atoms. The SMILES string of the molecule is CCCN1CCC(NCC(C)(C)OCC)CC1. The number of ether oxygens (including phenoxy) is 1. The van der Waals surface area contributed by atoms with E-state index in [2.05, 4.69) is 37.9 Å². The molecular formula is C14H30N2O. The van der Waals surface area contributed by atoms with Gasteiger partial charge in [0.05, 0.1) is 5.60 Å². The Hall–Kier alpha value is -0.120. The second kappa shape index (κ2) is 7.34. The van der Waals surface area contributed by atoms with E-state index in [-0.39, 0.29) is 5.60 Å². The van der Waals surface area contributed by atoms with E-state index >= 15 is 0 Å². The molecule has 1 N–H and O–H groups in total. The van der Waals surface area contributed by atoms with Gasteiger partial charge in [0, 0.05) is 19.2 Å². The van der Waals surface area contributed by atoms with E-state index in [9.17, 15) is 0 Å². The quantitative estimate of drug-likeness (QED) is 0.741. The monoisotopic (exact) mass is 242 g/mol. The molecule has 1 fully saturated rings. The largest absolute Gasteiger partial charge is 0.375 e. The van der Waals surface area contributed by atoms with Crippen LogP contribution >= 0.6 is 0 Å². The molecule has 0 aromatic carbocycles. The van der Waals surface area contributed by atoms with Crippen LogP contribution in [0.1, 0.15) is 47.0 Å². The van der Waals surface area contributed by atoms with E-state index in [4.69, 9.17) is 4.74 Å². The van der Waals surface area contributed by atoms with Crippen LogP contribution in [0.15, 0.2) is 0 Å². The third-order valence-corrected chi connectivity index (χ3v) is 3.48. The number of hydrogen-bond donors (Lipinski definition) is 1. The fourth-order valence-electron chi connectivity index (χ4n) is 2.51. The summed E-state index contributed by atoms with van der Waals surface area (Å²) in [5, 5.41) is 3.66. The summed E-state index contributed by atoms with van der Waals surface area (Å²) in [6, 6.07) is 0.683. The molecule has 3 heteroatoms. The van der Waals surface area contributed by atoms with Crippen LogP contribution in [-0.4, -0.2) is 49.3 Å². The van der Waals surface area contributed by atoms with Crippen LogP contribution in [0.3, 0.4) is 0 Å². The summed E-state index contributed by atoms with van der Waals surface area (Å²) in [6.45, 7) is 14.2. The first-order chi connectivity index (χ1) is 8.07. The van der Waals surface area contributed by atoms with Crippen molar-refractivity contribution < 1.29 is 4.74 Å². The van der Waals surface area contributed by atoms with E-state index in [0.29, 0.717) is 6.04 Å². The minimum absolute atomic E-state index is 0.0324. The van der Waals surface area contributed by atoms with E-state index in [1.165, 1.54) is 38.9 Å². The smallest absolute Gasteiger partial charge is 0.0750 e. The summed E-state index contributed by atoms with van der Waals surface area (Å²) in [5.41, 5.74) is -0.0324. The van der Waals surface area contributed by atoms with Gasteiger partial charge in [0.15, 0.2) is 0 Å². The van der Waals surface area contributed by atoms with Crippen molar-refractivity contribution >= 4 is 0 Å². The summed E-state index contributed by atoms with van der Waals surface area (Å²) in [4.78, 5) is 2.58. The third kappa shape index (κ3) is 5.84. The van der Waals surface area contributed by atoms with Crippen molar-refractivity contribution in [1.29, 1.82) is 0 Å². The zero-order valence-corrected chi connectivity index (χ0v) is 12.1. The van der Waals surface area contributed by atoms with Gasteiger partial charge in [-0.2, -0.15) is 0 Å². The Morgan fingerprint density at radius 1 is 1.24 bits per heavy atom. The minimum Gasteiger partial charge on any atom is -0.375 e. The van der Waals surface area contributed by atoms with Gasteiger partial charge >= 0.3 is 0 Å². The highest BCUT2D eigenvalue weighted by molar-refractivity contribution is 4.80. The summed E-state index contributed by atoms with van der Waals surface area (Å²) in [6.07, 6.45) is 3.83. The molecule has 1 heterocycles. The van der Waals surface area contributed by atoms with Gasteiger partial charge in [-0.15, -0.1) is 0 Å². The first-order valence-corrected chi connectivity index (χ1v) is 7.17.